The smallest absolute Gasteiger partial charge is 0.158 e. The predicted octanol–water partition coefficient (Wildman–Crippen LogP) is 4.99. The second-order valence-electron chi connectivity index (χ2n) is 6.53. The van der Waals surface area contributed by atoms with Crippen molar-refractivity contribution in [1.29, 1.82) is 0 Å². The van der Waals surface area contributed by atoms with Crippen LogP contribution in [0.4, 0.5) is 0 Å². The van der Waals surface area contributed by atoms with Crippen LogP contribution in [0.1, 0.15) is 42.3 Å². The highest BCUT2D eigenvalue weighted by molar-refractivity contribution is 7.17. The zero-order valence-corrected chi connectivity index (χ0v) is 14.9. The zero-order chi connectivity index (χ0) is 16.3. The van der Waals surface area contributed by atoms with E-state index in [9.17, 15) is 0 Å². The monoisotopic (exact) mass is 324 g/mol. The summed E-state index contributed by atoms with van der Waals surface area (Å²) < 4.78 is 1.89. The maximum atomic E-state index is 4.50. The normalized spacial score (nSPS) is 12.1. The van der Waals surface area contributed by atoms with Crippen molar-refractivity contribution in [1.82, 2.24) is 19.6 Å². The standard InChI is InChI=1S/C18H20N4S/c1-9(2)14-15-11(4)8-23-18(15)20-16(14)13-6-10(3)17-19-12(5)21-22(17)7-13/h6-9,20H,1-5H3. The molecular weight excluding hydrogens is 304 g/mol. The van der Waals surface area contributed by atoms with Crippen LogP contribution in [0, 0.1) is 20.8 Å². The maximum Gasteiger partial charge on any atom is 0.158 e. The van der Waals surface area contributed by atoms with Gasteiger partial charge in [0.1, 0.15) is 10.7 Å². The third-order valence-corrected chi connectivity index (χ3v) is 5.35. The molecule has 4 nitrogen and oxygen atoms in total. The van der Waals surface area contributed by atoms with Crippen LogP contribution in [0.5, 0.6) is 0 Å². The molecule has 4 aromatic rings. The number of aromatic amines is 1. The van der Waals surface area contributed by atoms with Crippen molar-refractivity contribution in [3.05, 3.63) is 40.2 Å². The van der Waals surface area contributed by atoms with Crippen LogP contribution in [0.3, 0.4) is 0 Å². The fourth-order valence-electron chi connectivity index (χ4n) is 3.37. The molecule has 0 aliphatic heterocycles. The number of H-pyrrole nitrogens is 1. The largest absolute Gasteiger partial charge is 0.346 e. The summed E-state index contributed by atoms with van der Waals surface area (Å²) >= 11 is 1.78. The van der Waals surface area contributed by atoms with Crippen molar-refractivity contribution in [2.24, 2.45) is 0 Å². The molecule has 0 aliphatic rings. The average molecular weight is 324 g/mol. The molecule has 0 aromatic carbocycles. The Kier molecular flexibility index (Phi) is 3.10. The van der Waals surface area contributed by atoms with Gasteiger partial charge in [0.15, 0.2) is 5.65 Å². The molecule has 0 radical (unpaired) electrons. The molecule has 23 heavy (non-hydrogen) atoms. The van der Waals surface area contributed by atoms with E-state index >= 15 is 0 Å². The van der Waals surface area contributed by atoms with Crippen LogP contribution in [0.25, 0.3) is 27.1 Å². The Morgan fingerprint density at radius 3 is 2.70 bits per heavy atom. The first-order chi connectivity index (χ1) is 11.0. The molecule has 4 aromatic heterocycles. The van der Waals surface area contributed by atoms with Crippen LogP contribution >= 0.6 is 11.3 Å². The quantitative estimate of drug-likeness (QED) is 0.565. The number of nitrogens with zero attached hydrogens (tertiary/aromatic N) is 3. The van der Waals surface area contributed by atoms with Crippen LogP contribution in [0.15, 0.2) is 17.6 Å². The minimum Gasteiger partial charge on any atom is -0.346 e. The first-order valence-corrected chi connectivity index (χ1v) is 8.77. The lowest BCUT2D eigenvalue weighted by molar-refractivity contribution is 0.875. The fraction of sp³-hybridized carbons (Fsp3) is 0.333. The molecule has 4 heterocycles. The lowest BCUT2D eigenvalue weighted by Crippen LogP contribution is -1.96. The van der Waals surface area contributed by atoms with E-state index in [0.29, 0.717) is 5.92 Å². The molecule has 0 unspecified atom stereocenters. The molecule has 0 amide bonds. The molecular formula is C18H20N4S. The van der Waals surface area contributed by atoms with Gasteiger partial charge >= 0.3 is 0 Å². The van der Waals surface area contributed by atoms with Crippen LogP contribution < -0.4 is 0 Å². The summed E-state index contributed by atoms with van der Waals surface area (Å²) in [4.78, 5) is 9.39. The Bertz CT molecular complexity index is 1030. The fourth-order valence-corrected chi connectivity index (χ4v) is 4.34. The number of aryl methyl sites for hydroxylation is 3. The Morgan fingerprint density at radius 1 is 1.17 bits per heavy atom. The summed E-state index contributed by atoms with van der Waals surface area (Å²) in [5.41, 5.74) is 7.21. The summed E-state index contributed by atoms with van der Waals surface area (Å²) in [6.45, 7) is 10.7. The lowest BCUT2D eigenvalue weighted by atomic mass is 9.96. The van der Waals surface area contributed by atoms with Crippen molar-refractivity contribution >= 4 is 27.2 Å². The molecule has 1 N–H and O–H groups in total. The van der Waals surface area contributed by atoms with E-state index in [1.54, 1.807) is 11.3 Å². The molecule has 0 saturated heterocycles. The van der Waals surface area contributed by atoms with Gasteiger partial charge in [0, 0.05) is 17.1 Å². The topological polar surface area (TPSA) is 46.0 Å². The lowest BCUT2D eigenvalue weighted by Gasteiger charge is -2.10. The number of aromatic nitrogens is 4. The van der Waals surface area contributed by atoms with Gasteiger partial charge in [0.2, 0.25) is 0 Å². The van der Waals surface area contributed by atoms with Crippen molar-refractivity contribution in [2.45, 2.75) is 40.5 Å². The number of hydrogen-bond acceptors (Lipinski definition) is 3. The highest BCUT2D eigenvalue weighted by Crippen LogP contribution is 2.39. The van der Waals surface area contributed by atoms with Gasteiger partial charge in [-0.1, -0.05) is 13.8 Å². The Labute approximate surface area is 139 Å². The first kappa shape index (κ1) is 14.5. The molecule has 0 saturated carbocycles. The first-order valence-electron chi connectivity index (χ1n) is 7.89. The zero-order valence-electron chi connectivity index (χ0n) is 14.1. The second kappa shape index (κ2) is 4.93. The van der Waals surface area contributed by atoms with Crippen molar-refractivity contribution < 1.29 is 0 Å². The Hall–Kier alpha value is -2.14. The molecule has 0 aliphatic carbocycles. The van der Waals surface area contributed by atoms with Crippen LogP contribution in [-0.2, 0) is 0 Å². The third kappa shape index (κ3) is 2.10. The van der Waals surface area contributed by atoms with Gasteiger partial charge in [0.25, 0.3) is 0 Å². The summed E-state index contributed by atoms with van der Waals surface area (Å²) in [6, 6.07) is 2.21. The summed E-state index contributed by atoms with van der Waals surface area (Å²) in [6.07, 6.45) is 2.08. The van der Waals surface area contributed by atoms with Crippen molar-refractivity contribution in [3.63, 3.8) is 0 Å². The van der Waals surface area contributed by atoms with E-state index in [-0.39, 0.29) is 0 Å². The van der Waals surface area contributed by atoms with Gasteiger partial charge in [-0.15, -0.1) is 11.3 Å². The number of thiophene rings is 1. The predicted molar refractivity (Wildman–Crippen MR) is 96.5 cm³/mol. The van der Waals surface area contributed by atoms with Crippen LogP contribution in [0.2, 0.25) is 0 Å². The van der Waals surface area contributed by atoms with E-state index in [1.807, 2.05) is 11.4 Å². The molecule has 118 valence electrons. The van der Waals surface area contributed by atoms with E-state index < -0.39 is 0 Å². The second-order valence-corrected chi connectivity index (χ2v) is 7.41. The highest BCUT2D eigenvalue weighted by Gasteiger charge is 2.19. The van der Waals surface area contributed by atoms with Crippen molar-refractivity contribution in [3.8, 4) is 11.3 Å². The average Bonchev–Trinajstić information content (AvgIpc) is 3.13. The van der Waals surface area contributed by atoms with E-state index in [1.165, 1.54) is 32.6 Å². The summed E-state index contributed by atoms with van der Waals surface area (Å²) in [5.74, 6) is 1.26. The molecule has 0 atom stereocenters. The van der Waals surface area contributed by atoms with Gasteiger partial charge in [-0.05, 0) is 54.8 Å². The van der Waals surface area contributed by atoms with E-state index in [4.69, 9.17) is 0 Å². The molecule has 4 rings (SSSR count). The van der Waals surface area contributed by atoms with E-state index in [2.05, 4.69) is 60.4 Å². The SMILES string of the molecule is Cc1nc2c(C)cc(-c3[nH]c4scc(C)c4c3C(C)C)cn2n1. The van der Waals surface area contributed by atoms with Gasteiger partial charge in [-0.3, -0.25) is 0 Å². The number of fused-ring (bicyclic) bond motifs is 2. The summed E-state index contributed by atoms with van der Waals surface area (Å²) in [5, 5.41) is 8.10. The van der Waals surface area contributed by atoms with Gasteiger partial charge in [-0.2, -0.15) is 5.10 Å². The number of rotatable bonds is 2. The van der Waals surface area contributed by atoms with Gasteiger partial charge in [-0.25, -0.2) is 9.50 Å². The minimum atomic E-state index is 0.459. The number of pyridine rings is 1. The Balaban J connectivity index is 2.04. The number of hydrogen-bond donors (Lipinski definition) is 1. The maximum absolute atomic E-state index is 4.50. The molecule has 0 fully saturated rings. The molecule has 0 spiro atoms. The third-order valence-electron chi connectivity index (χ3n) is 4.34. The minimum absolute atomic E-state index is 0.459. The highest BCUT2D eigenvalue weighted by atomic mass is 32.1. The van der Waals surface area contributed by atoms with E-state index in [0.717, 1.165) is 17.0 Å². The number of nitrogens with one attached hydrogen (secondary N) is 1. The van der Waals surface area contributed by atoms with Crippen LogP contribution in [-0.4, -0.2) is 19.6 Å². The molecule has 0 bridgehead atoms. The molecule has 5 heteroatoms. The Morgan fingerprint density at radius 2 is 1.96 bits per heavy atom. The van der Waals surface area contributed by atoms with Crippen molar-refractivity contribution in [2.75, 3.05) is 0 Å². The summed E-state index contributed by atoms with van der Waals surface area (Å²) in [7, 11) is 0. The van der Waals surface area contributed by atoms with Gasteiger partial charge < -0.3 is 4.98 Å². The van der Waals surface area contributed by atoms with Gasteiger partial charge in [0.05, 0.1) is 5.69 Å².